The SMILES string of the molecule is CC.CCCN(C)C(N)=O. The molecule has 0 aromatic heterocycles. The zero-order valence-electron chi connectivity index (χ0n) is 7.35. The van der Waals surface area contributed by atoms with E-state index in [9.17, 15) is 4.79 Å². The van der Waals surface area contributed by atoms with Crippen LogP contribution in [0.2, 0.25) is 0 Å². The molecule has 0 spiro atoms. The van der Waals surface area contributed by atoms with Gasteiger partial charge in [0.2, 0.25) is 0 Å². The number of nitrogens with zero attached hydrogens (tertiary/aromatic N) is 1. The number of carbonyl (C=O) groups is 1. The number of urea groups is 1. The lowest BCUT2D eigenvalue weighted by Gasteiger charge is -2.10. The van der Waals surface area contributed by atoms with E-state index in [4.69, 9.17) is 5.73 Å². The molecule has 0 rings (SSSR count). The van der Waals surface area contributed by atoms with E-state index < -0.39 is 0 Å². The summed E-state index contributed by atoms with van der Waals surface area (Å²) >= 11 is 0. The van der Waals surface area contributed by atoms with Crippen molar-refractivity contribution in [2.75, 3.05) is 13.6 Å². The molecule has 0 unspecified atom stereocenters. The van der Waals surface area contributed by atoms with E-state index in [1.165, 1.54) is 4.90 Å². The molecular weight excluding hydrogens is 128 g/mol. The maximum atomic E-state index is 10.2. The lowest BCUT2D eigenvalue weighted by molar-refractivity contribution is 0.218. The number of hydrogen-bond acceptors (Lipinski definition) is 1. The van der Waals surface area contributed by atoms with Crippen LogP contribution < -0.4 is 5.73 Å². The van der Waals surface area contributed by atoms with Crippen molar-refractivity contribution < 1.29 is 4.79 Å². The van der Waals surface area contributed by atoms with Crippen LogP contribution in [0.1, 0.15) is 27.2 Å². The molecule has 3 heteroatoms. The highest BCUT2D eigenvalue weighted by molar-refractivity contribution is 5.71. The van der Waals surface area contributed by atoms with Crippen LogP contribution in [0, 0.1) is 0 Å². The highest BCUT2D eigenvalue weighted by atomic mass is 16.2. The van der Waals surface area contributed by atoms with Crippen LogP contribution in [0.4, 0.5) is 4.79 Å². The number of amides is 2. The Balaban J connectivity index is 0. The predicted molar refractivity (Wildman–Crippen MR) is 43.9 cm³/mol. The molecule has 10 heavy (non-hydrogen) atoms. The smallest absolute Gasteiger partial charge is 0.314 e. The van der Waals surface area contributed by atoms with Crippen molar-refractivity contribution in [3.05, 3.63) is 0 Å². The van der Waals surface area contributed by atoms with Crippen molar-refractivity contribution in [2.24, 2.45) is 5.73 Å². The predicted octanol–water partition coefficient (Wildman–Crippen LogP) is 1.43. The van der Waals surface area contributed by atoms with Crippen molar-refractivity contribution in [1.82, 2.24) is 4.90 Å². The summed E-state index contributed by atoms with van der Waals surface area (Å²) < 4.78 is 0. The molecule has 62 valence electrons. The van der Waals surface area contributed by atoms with E-state index in [0.717, 1.165) is 13.0 Å². The van der Waals surface area contributed by atoms with Gasteiger partial charge in [-0.05, 0) is 6.42 Å². The molecule has 0 aliphatic heterocycles. The number of hydrogen-bond donors (Lipinski definition) is 1. The molecule has 0 aliphatic rings. The van der Waals surface area contributed by atoms with E-state index in [-0.39, 0.29) is 6.03 Å². The minimum atomic E-state index is -0.355. The van der Waals surface area contributed by atoms with Crippen LogP contribution in [0.5, 0.6) is 0 Å². The molecule has 0 atom stereocenters. The van der Waals surface area contributed by atoms with Crippen molar-refractivity contribution >= 4 is 6.03 Å². The van der Waals surface area contributed by atoms with E-state index in [0.29, 0.717) is 0 Å². The van der Waals surface area contributed by atoms with Gasteiger partial charge < -0.3 is 10.6 Å². The Labute approximate surface area is 63.2 Å². The minimum Gasteiger partial charge on any atom is -0.351 e. The van der Waals surface area contributed by atoms with Crippen LogP contribution >= 0.6 is 0 Å². The van der Waals surface area contributed by atoms with Crippen LogP contribution in [-0.2, 0) is 0 Å². The third-order valence-corrected chi connectivity index (χ3v) is 0.935. The minimum absolute atomic E-state index is 0.355. The fourth-order valence-electron chi connectivity index (χ4n) is 0.446. The summed E-state index contributed by atoms with van der Waals surface area (Å²) in [5.41, 5.74) is 4.91. The Kier molecular flexibility index (Phi) is 9.92. The van der Waals surface area contributed by atoms with E-state index in [1.54, 1.807) is 7.05 Å². The fraction of sp³-hybridized carbons (Fsp3) is 0.857. The number of nitrogens with two attached hydrogens (primary N) is 1. The second kappa shape index (κ2) is 8.27. The van der Waals surface area contributed by atoms with Gasteiger partial charge in [-0.1, -0.05) is 20.8 Å². The first-order chi connectivity index (χ1) is 4.68. The summed E-state index contributed by atoms with van der Waals surface area (Å²) in [6, 6.07) is -0.355. The third-order valence-electron chi connectivity index (χ3n) is 0.935. The maximum Gasteiger partial charge on any atom is 0.314 e. The molecule has 2 N–H and O–H groups in total. The Morgan fingerprint density at radius 1 is 1.50 bits per heavy atom. The summed E-state index contributed by atoms with van der Waals surface area (Å²) in [4.78, 5) is 11.7. The first-order valence-corrected chi connectivity index (χ1v) is 3.69. The van der Waals surface area contributed by atoms with Gasteiger partial charge >= 0.3 is 6.03 Å². The number of carbonyl (C=O) groups excluding carboxylic acids is 1. The van der Waals surface area contributed by atoms with Crippen LogP contribution in [0.15, 0.2) is 0 Å². The van der Waals surface area contributed by atoms with Gasteiger partial charge in [-0.3, -0.25) is 0 Å². The average molecular weight is 146 g/mol. The van der Waals surface area contributed by atoms with Crippen molar-refractivity contribution in [2.45, 2.75) is 27.2 Å². The normalized spacial score (nSPS) is 7.60. The Hall–Kier alpha value is -0.730. The molecule has 0 aliphatic carbocycles. The quantitative estimate of drug-likeness (QED) is 0.629. The van der Waals surface area contributed by atoms with Gasteiger partial charge in [-0.15, -0.1) is 0 Å². The second-order valence-corrected chi connectivity index (χ2v) is 1.76. The molecule has 0 fully saturated rings. The van der Waals surface area contributed by atoms with E-state index in [1.807, 2.05) is 20.8 Å². The van der Waals surface area contributed by atoms with Gasteiger partial charge in [0.1, 0.15) is 0 Å². The van der Waals surface area contributed by atoms with Gasteiger partial charge in [0, 0.05) is 13.6 Å². The van der Waals surface area contributed by atoms with Gasteiger partial charge in [0.25, 0.3) is 0 Å². The van der Waals surface area contributed by atoms with Crippen molar-refractivity contribution in [3.8, 4) is 0 Å². The zero-order chi connectivity index (χ0) is 8.57. The van der Waals surface area contributed by atoms with E-state index in [2.05, 4.69) is 0 Å². The molecule has 0 aromatic carbocycles. The molecule has 3 nitrogen and oxygen atoms in total. The Morgan fingerprint density at radius 3 is 2.00 bits per heavy atom. The van der Waals surface area contributed by atoms with E-state index >= 15 is 0 Å². The van der Waals surface area contributed by atoms with Gasteiger partial charge in [-0.2, -0.15) is 0 Å². The number of primary amides is 1. The first kappa shape index (κ1) is 12.0. The standard InChI is InChI=1S/C5H12N2O.C2H6/c1-3-4-7(2)5(6)8;1-2/h3-4H2,1-2H3,(H2,6,8);1-2H3. The molecule has 2 amide bonds. The maximum absolute atomic E-state index is 10.2. The lowest BCUT2D eigenvalue weighted by Crippen LogP contribution is -2.32. The molecule has 0 aromatic rings. The van der Waals surface area contributed by atoms with Gasteiger partial charge in [0.05, 0.1) is 0 Å². The molecule has 0 saturated heterocycles. The molecule has 0 saturated carbocycles. The monoisotopic (exact) mass is 146 g/mol. The van der Waals surface area contributed by atoms with Crippen molar-refractivity contribution in [1.29, 1.82) is 0 Å². The second-order valence-electron chi connectivity index (χ2n) is 1.76. The summed E-state index contributed by atoms with van der Waals surface area (Å²) in [6.07, 6.45) is 0.958. The summed E-state index contributed by atoms with van der Waals surface area (Å²) in [5, 5.41) is 0. The highest BCUT2D eigenvalue weighted by Gasteiger charge is 1.97. The van der Waals surface area contributed by atoms with Gasteiger partial charge in [-0.25, -0.2) is 4.79 Å². The number of rotatable bonds is 2. The average Bonchev–Trinajstić information content (AvgIpc) is 1.93. The summed E-state index contributed by atoms with van der Waals surface area (Å²) in [5.74, 6) is 0. The highest BCUT2D eigenvalue weighted by Crippen LogP contribution is 1.82. The molecule has 0 radical (unpaired) electrons. The lowest BCUT2D eigenvalue weighted by atomic mass is 10.4. The topological polar surface area (TPSA) is 46.3 Å². The Bertz CT molecular complexity index is 83.7. The summed E-state index contributed by atoms with van der Waals surface area (Å²) in [6.45, 7) is 6.74. The molecule has 0 heterocycles. The van der Waals surface area contributed by atoms with Crippen molar-refractivity contribution in [3.63, 3.8) is 0 Å². The van der Waals surface area contributed by atoms with Crippen LogP contribution in [-0.4, -0.2) is 24.5 Å². The van der Waals surface area contributed by atoms with Crippen LogP contribution in [0.3, 0.4) is 0 Å². The Morgan fingerprint density at radius 2 is 1.90 bits per heavy atom. The van der Waals surface area contributed by atoms with Gasteiger partial charge in [0.15, 0.2) is 0 Å². The third kappa shape index (κ3) is 7.27. The molecular formula is C7H18N2O. The summed E-state index contributed by atoms with van der Waals surface area (Å²) in [7, 11) is 1.69. The molecule has 0 bridgehead atoms. The fourth-order valence-corrected chi connectivity index (χ4v) is 0.446. The first-order valence-electron chi connectivity index (χ1n) is 3.69. The zero-order valence-corrected chi connectivity index (χ0v) is 7.35. The largest absolute Gasteiger partial charge is 0.351 e. The van der Waals surface area contributed by atoms with Crippen LogP contribution in [0.25, 0.3) is 0 Å².